The maximum atomic E-state index is 12.0. The van der Waals surface area contributed by atoms with Crippen molar-refractivity contribution >= 4 is 17.2 Å². The monoisotopic (exact) mass is 314 g/mol. The van der Waals surface area contributed by atoms with Gasteiger partial charge in [-0.2, -0.15) is 0 Å². The van der Waals surface area contributed by atoms with Crippen LogP contribution in [0.1, 0.15) is 22.9 Å². The molecule has 4 heteroatoms. The maximum absolute atomic E-state index is 12.0. The van der Waals surface area contributed by atoms with Crippen molar-refractivity contribution < 1.29 is 4.79 Å². The lowest BCUT2D eigenvalue weighted by atomic mass is 9.99. The second kappa shape index (κ2) is 7.07. The van der Waals surface area contributed by atoms with E-state index < -0.39 is 0 Å². The highest BCUT2D eigenvalue weighted by Gasteiger charge is 2.20. The fourth-order valence-corrected chi connectivity index (χ4v) is 3.62. The van der Waals surface area contributed by atoms with Gasteiger partial charge in [0.25, 0.3) is 0 Å². The molecule has 1 unspecified atom stereocenters. The van der Waals surface area contributed by atoms with E-state index in [-0.39, 0.29) is 5.91 Å². The van der Waals surface area contributed by atoms with Crippen LogP contribution in [-0.2, 0) is 24.2 Å². The smallest absolute Gasteiger partial charge is 0.225 e. The lowest BCUT2D eigenvalue weighted by Crippen LogP contribution is -2.44. The minimum Gasteiger partial charge on any atom is -0.354 e. The van der Waals surface area contributed by atoms with Crippen LogP contribution in [0.2, 0.25) is 0 Å². The molecule has 3 nitrogen and oxygen atoms in total. The van der Waals surface area contributed by atoms with Crippen LogP contribution in [0, 0.1) is 0 Å². The van der Waals surface area contributed by atoms with Crippen LogP contribution in [0.25, 0.3) is 0 Å². The van der Waals surface area contributed by atoms with E-state index in [0.717, 1.165) is 24.4 Å². The highest BCUT2D eigenvalue weighted by atomic mass is 32.1. The molecule has 1 aliphatic heterocycles. The Balaban J connectivity index is 1.48. The van der Waals surface area contributed by atoms with Crippen LogP contribution in [0.4, 0.5) is 0 Å². The molecular weight excluding hydrogens is 292 g/mol. The van der Waals surface area contributed by atoms with Gasteiger partial charge in [-0.3, -0.25) is 9.69 Å². The average Bonchev–Trinajstić information content (AvgIpc) is 3.05. The summed E-state index contributed by atoms with van der Waals surface area (Å²) >= 11 is 1.63. The molecule has 3 rings (SSSR count). The molecule has 0 spiro atoms. The van der Waals surface area contributed by atoms with Gasteiger partial charge in [-0.05, 0) is 35.9 Å². The van der Waals surface area contributed by atoms with Crippen molar-refractivity contribution in [2.45, 2.75) is 32.4 Å². The number of benzene rings is 1. The molecule has 0 radical (unpaired) electrons. The molecule has 1 aliphatic rings. The van der Waals surface area contributed by atoms with E-state index in [9.17, 15) is 4.79 Å². The van der Waals surface area contributed by atoms with E-state index in [1.165, 1.54) is 11.1 Å². The standard InChI is InChI=1S/C18H22N2OS/c1-14(12-19-18(21)11-17-7-4-10-22-17)20-9-8-15-5-2-3-6-16(15)13-20/h2-7,10,14H,8-9,11-13H2,1H3,(H,19,21). The van der Waals surface area contributed by atoms with Gasteiger partial charge in [0.1, 0.15) is 0 Å². The zero-order valence-electron chi connectivity index (χ0n) is 12.9. The van der Waals surface area contributed by atoms with Crippen LogP contribution in [-0.4, -0.2) is 29.9 Å². The quantitative estimate of drug-likeness (QED) is 0.920. The first-order chi connectivity index (χ1) is 10.7. The summed E-state index contributed by atoms with van der Waals surface area (Å²) in [6.07, 6.45) is 1.59. The minimum absolute atomic E-state index is 0.117. The Morgan fingerprint density at radius 1 is 1.27 bits per heavy atom. The lowest BCUT2D eigenvalue weighted by molar-refractivity contribution is -0.120. The number of carbonyl (C=O) groups excluding carboxylic acids is 1. The number of nitrogens with zero attached hydrogens (tertiary/aromatic N) is 1. The normalized spacial score (nSPS) is 16.0. The molecule has 0 aliphatic carbocycles. The molecule has 2 heterocycles. The zero-order chi connectivity index (χ0) is 15.4. The molecule has 1 N–H and O–H groups in total. The molecule has 22 heavy (non-hydrogen) atoms. The summed E-state index contributed by atoms with van der Waals surface area (Å²) in [7, 11) is 0. The van der Waals surface area contributed by atoms with E-state index >= 15 is 0 Å². The fourth-order valence-electron chi connectivity index (χ4n) is 2.92. The number of thiophene rings is 1. The number of carbonyl (C=O) groups is 1. The molecule has 116 valence electrons. The van der Waals surface area contributed by atoms with Gasteiger partial charge in [0.05, 0.1) is 6.42 Å². The molecule has 1 aromatic heterocycles. The van der Waals surface area contributed by atoms with Crippen molar-refractivity contribution in [3.05, 3.63) is 57.8 Å². The Labute approximate surface area is 136 Å². The lowest BCUT2D eigenvalue weighted by Gasteiger charge is -2.33. The average molecular weight is 314 g/mol. The van der Waals surface area contributed by atoms with Crippen molar-refractivity contribution in [2.24, 2.45) is 0 Å². The predicted molar refractivity (Wildman–Crippen MR) is 91.1 cm³/mol. The molecule has 0 saturated carbocycles. The van der Waals surface area contributed by atoms with Crippen molar-refractivity contribution in [1.82, 2.24) is 10.2 Å². The van der Waals surface area contributed by atoms with Crippen LogP contribution < -0.4 is 5.32 Å². The molecule has 1 amide bonds. The van der Waals surface area contributed by atoms with Crippen molar-refractivity contribution in [3.8, 4) is 0 Å². The van der Waals surface area contributed by atoms with Gasteiger partial charge >= 0.3 is 0 Å². The van der Waals surface area contributed by atoms with E-state index in [4.69, 9.17) is 0 Å². The largest absolute Gasteiger partial charge is 0.354 e. The Hall–Kier alpha value is -1.65. The Morgan fingerprint density at radius 3 is 2.86 bits per heavy atom. The first-order valence-corrected chi connectivity index (χ1v) is 8.70. The Morgan fingerprint density at radius 2 is 2.09 bits per heavy atom. The fraction of sp³-hybridized carbons (Fsp3) is 0.389. The molecule has 1 atom stereocenters. The van der Waals surface area contributed by atoms with Gasteiger partial charge in [0.15, 0.2) is 0 Å². The molecular formula is C18H22N2OS. The van der Waals surface area contributed by atoms with Crippen molar-refractivity contribution in [3.63, 3.8) is 0 Å². The van der Waals surface area contributed by atoms with Crippen LogP contribution in [0.3, 0.4) is 0 Å². The van der Waals surface area contributed by atoms with E-state index in [1.807, 2.05) is 17.5 Å². The summed E-state index contributed by atoms with van der Waals surface area (Å²) in [5.41, 5.74) is 2.89. The van der Waals surface area contributed by atoms with Crippen LogP contribution in [0.5, 0.6) is 0 Å². The van der Waals surface area contributed by atoms with Gasteiger partial charge in [-0.15, -0.1) is 11.3 Å². The number of hydrogen-bond acceptors (Lipinski definition) is 3. The first-order valence-electron chi connectivity index (χ1n) is 7.82. The summed E-state index contributed by atoms with van der Waals surface area (Å²) in [6, 6.07) is 13.0. The summed E-state index contributed by atoms with van der Waals surface area (Å²) in [5, 5.41) is 5.08. The predicted octanol–water partition coefficient (Wildman–Crippen LogP) is 2.85. The van der Waals surface area contributed by atoms with Gasteiger partial charge in [-0.25, -0.2) is 0 Å². The van der Waals surface area contributed by atoms with E-state index in [2.05, 4.69) is 41.4 Å². The number of nitrogens with one attached hydrogen (secondary N) is 1. The van der Waals surface area contributed by atoms with Gasteiger partial charge in [0, 0.05) is 30.6 Å². The summed E-state index contributed by atoms with van der Waals surface area (Å²) in [6.45, 7) is 4.96. The summed E-state index contributed by atoms with van der Waals surface area (Å²) in [5.74, 6) is 0.117. The van der Waals surface area contributed by atoms with Crippen molar-refractivity contribution in [2.75, 3.05) is 13.1 Å². The van der Waals surface area contributed by atoms with Gasteiger partial charge in [-0.1, -0.05) is 30.3 Å². The molecule has 0 saturated heterocycles. The highest BCUT2D eigenvalue weighted by Crippen LogP contribution is 2.20. The molecule has 2 aromatic rings. The minimum atomic E-state index is 0.117. The zero-order valence-corrected chi connectivity index (χ0v) is 13.7. The third-order valence-electron chi connectivity index (χ3n) is 4.29. The SMILES string of the molecule is CC(CNC(=O)Cc1cccs1)N1CCc2ccccc2C1. The second-order valence-electron chi connectivity index (χ2n) is 5.90. The number of fused-ring (bicyclic) bond motifs is 1. The van der Waals surface area contributed by atoms with Gasteiger partial charge in [0.2, 0.25) is 5.91 Å². The summed E-state index contributed by atoms with van der Waals surface area (Å²) < 4.78 is 0. The van der Waals surface area contributed by atoms with Gasteiger partial charge < -0.3 is 5.32 Å². The maximum Gasteiger partial charge on any atom is 0.225 e. The number of rotatable bonds is 5. The first kappa shape index (κ1) is 15.3. The molecule has 1 aromatic carbocycles. The topological polar surface area (TPSA) is 32.3 Å². The third kappa shape index (κ3) is 3.76. The van der Waals surface area contributed by atoms with Crippen LogP contribution in [0.15, 0.2) is 41.8 Å². The van der Waals surface area contributed by atoms with Crippen molar-refractivity contribution in [1.29, 1.82) is 0 Å². The van der Waals surface area contributed by atoms with Crippen LogP contribution >= 0.6 is 11.3 Å². The molecule has 0 bridgehead atoms. The third-order valence-corrected chi connectivity index (χ3v) is 5.17. The van der Waals surface area contributed by atoms with E-state index in [1.54, 1.807) is 11.3 Å². The Bertz CT molecular complexity index is 624. The van der Waals surface area contributed by atoms with E-state index in [0.29, 0.717) is 19.0 Å². The summed E-state index contributed by atoms with van der Waals surface area (Å²) in [4.78, 5) is 15.5. The Kier molecular flexibility index (Phi) is 4.90. The number of amides is 1. The molecule has 0 fully saturated rings. The highest BCUT2D eigenvalue weighted by molar-refractivity contribution is 7.10. The number of hydrogen-bond donors (Lipinski definition) is 1. The second-order valence-corrected chi connectivity index (χ2v) is 6.93.